The van der Waals surface area contributed by atoms with E-state index in [0.29, 0.717) is 50.9 Å². The fourth-order valence-electron chi connectivity index (χ4n) is 9.80. The molecule has 6 aliphatic rings. The topological polar surface area (TPSA) is 139 Å². The summed E-state index contributed by atoms with van der Waals surface area (Å²) in [4.78, 5) is 63.0. The summed E-state index contributed by atoms with van der Waals surface area (Å²) in [6.45, 7) is 10.2. The number of carbonyl (C=O) groups excluding carboxylic acids is 4. The molecule has 0 saturated carbocycles. The van der Waals surface area contributed by atoms with Crippen LogP contribution in [0.1, 0.15) is 65.6 Å². The largest absolute Gasteiger partial charge is 0.496 e. The lowest BCUT2D eigenvalue weighted by molar-refractivity contribution is -0.136. The van der Waals surface area contributed by atoms with Gasteiger partial charge in [0.1, 0.15) is 24.3 Å². The predicted molar refractivity (Wildman–Crippen MR) is 228 cm³/mol. The van der Waals surface area contributed by atoms with Crippen molar-refractivity contribution >= 4 is 35.0 Å². The molecule has 2 N–H and O–H groups in total. The van der Waals surface area contributed by atoms with Crippen LogP contribution in [-0.4, -0.2) is 155 Å². The number of nitrogens with one attached hydrogen (secondary N) is 2. The Morgan fingerprint density at radius 2 is 1.65 bits per heavy atom. The minimum atomic E-state index is -0.596. The molecule has 5 amide bonds. The highest BCUT2D eigenvalue weighted by Gasteiger charge is 2.39. The van der Waals surface area contributed by atoms with E-state index in [1.165, 1.54) is 12.0 Å². The average molecular weight is 825 g/mol. The number of allylic oxidation sites excluding steroid dienone is 1. The normalized spacial score (nSPS) is 23.1. The van der Waals surface area contributed by atoms with Crippen molar-refractivity contribution in [1.82, 2.24) is 35.1 Å². The Bertz CT molecular complexity index is 2010. The number of anilines is 1. The molecule has 0 bridgehead atoms. The van der Waals surface area contributed by atoms with Gasteiger partial charge in [-0.05, 0) is 104 Å². The van der Waals surface area contributed by atoms with Crippen molar-refractivity contribution in [1.29, 1.82) is 0 Å². The summed E-state index contributed by atoms with van der Waals surface area (Å²) in [5.74, 6) is 1.54. The Morgan fingerprint density at radius 3 is 2.35 bits per heavy atom. The molecule has 1 unspecified atom stereocenters. The number of piperazine rings is 1. The van der Waals surface area contributed by atoms with Crippen LogP contribution >= 0.6 is 0 Å². The molecule has 0 aliphatic carbocycles. The maximum absolute atomic E-state index is 13.4. The Labute approximate surface area is 353 Å². The number of imide groups is 1. The van der Waals surface area contributed by atoms with Crippen LogP contribution in [0.15, 0.2) is 47.7 Å². The summed E-state index contributed by atoms with van der Waals surface area (Å²) in [5, 5.41) is 5.15. The first-order valence-electron chi connectivity index (χ1n) is 21.5. The van der Waals surface area contributed by atoms with E-state index in [-0.39, 0.29) is 30.2 Å². The van der Waals surface area contributed by atoms with Gasteiger partial charge < -0.3 is 39.1 Å². The van der Waals surface area contributed by atoms with E-state index < -0.39 is 6.04 Å². The van der Waals surface area contributed by atoms with Crippen LogP contribution in [-0.2, 0) is 27.4 Å². The third kappa shape index (κ3) is 8.84. The van der Waals surface area contributed by atoms with Crippen molar-refractivity contribution in [3.63, 3.8) is 0 Å². The van der Waals surface area contributed by atoms with E-state index in [1.54, 1.807) is 26.2 Å². The molecule has 2 aromatic carbocycles. The zero-order valence-corrected chi connectivity index (χ0v) is 35.6. The molecule has 0 spiro atoms. The lowest BCUT2D eigenvalue weighted by Gasteiger charge is -2.38. The minimum absolute atomic E-state index is 0.0741. The van der Waals surface area contributed by atoms with E-state index in [1.807, 2.05) is 24.1 Å². The molecule has 15 nitrogen and oxygen atoms in total. The first-order chi connectivity index (χ1) is 29.1. The smallest absolute Gasteiger partial charge is 0.317 e. The van der Waals surface area contributed by atoms with Crippen LogP contribution < -0.4 is 25.0 Å². The second-order valence-corrected chi connectivity index (χ2v) is 17.0. The Kier molecular flexibility index (Phi) is 12.7. The number of urea groups is 1. The monoisotopic (exact) mass is 824 g/mol. The molecule has 3 fully saturated rings. The third-order valence-corrected chi connectivity index (χ3v) is 13.3. The van der Waals surface area contributed by atoms with Crippen LogP contribution in [0.25, 0.3) is 5.57 Å². The maximum atomic E-state index is 13.4. The fourth-order valence-corrected chi connectivity index (χ4v) is 9.80. The van der Waals surface area contributed by atoms with Gasteiger partial charge in [0.15, 0.2) is 0 Å². The highest BCUT2D eigenvalue weighted by molar-refractivity contribution is 6.05. The number of methoxy groups -OCH3 is 2. The van der Waals surface area contributed by atoms with Gasteiger partial charge in [-0.3, -0.25) is 29.5 Å². The van der Waals surface area contributed by atoms with Gasteiger partial charge in [0.2, 0.25) is 11.8 Å². The van der Waals surface area contributed by atoms with Gasteiger partial charge in [-0.2, -0.15) is 0 Å². The molecule has 0 radical (unpaired) electrons. The number of piperidine rings is 2. The van der Waals surface area contributed by atoms with E-state index in [2.05, 4.69) is 54.6 Å². The van der Waals surface area contributed by atoms with Gasteiger partial charge in [0.05, 0.1) is 26.4 Å². The van der Waals surface area contributed by atoms with Crippen molar-refractivity contribution in [3.8, 4) is 11.5 Å². The van der Waals surface area contributed by atoms with Gasteiger partial charge in [-0.15, -0.1) is 0 Å². The Hall–Kier alpha value is -5.12. The van der Waals surface area contributed by atoms with Crippen molar-refractivity contribution in [2.45, 2.75) is 57.7 Å². The third-order valence-electron chi connectivity index (χ3n) is 13.3. The lowest BCUT2D eigenvalue weighted by atomic mass is 9.88. The van der Waals surface area contributed by atoms with Gasteiger partial charge in [0, 0.05) is 95.9 Å². The van der Waals surface area contributed by atoms with E-state index >= 15 is 0 Å². The number of hydrogen-bond acceptors (Lipinski definition) is 11. The molecule has 1 atom stereocenters. The highest BCUT2D eigenvalue weighted by Crippen LogP contribution is 2.40. The van der Waals surface area contributed by atoms with Crippen LogP contribution in [0.5, 0.6) is 11.5 Å². The SMILES string of the molecule is CNC(=O)N1CCC2=C(COCN(C)/C=C\2c2cc(OC)c(CN3CCC(CCN4CCN(c5ccc6c(c5)C(=O)N(C5CCC(=O)NC5=O)C6)CC4)CC3)c(OC)c2)C1. The minimum Gasteiger partial charge on any atom is -0.496 e. The summed E-state index contributed by atoms with van der Waals surface area (Å²) in [6.07, 6.45) is 7.01. The molecule has 0 aromatic heterocycles. The van der Waals surface area contributed by atoms with Crippen molar-refractivity contribution < 1.29 is 33.4 Å². The number of rotatable bonds is 10. The summed E-state index contributed by atoms with van der Waals surface area (Å²) in [5.41, 5.74) is 8.18. The Balaban J connectivity index is 0.832. The Morgan fingerprint density at radius 1 is 0.900 bits per heavy atom. The number of fused-ring (bicyclic) bond motifs is 1. The molecule has 8 rings (SSSR count). The van der Waals surface area contributed by atoms with Crippen LogP contribution in [0.3, 0.4) is 0 Å². The van der Waals surface area contributed by atoms with Gasteiger partial charge in [-0.1, -0.05) is 6.07 Å². The standard InChI is InChI=1S/C45H60N8O7/c1-46-45(57)52-16-12-35-33(24-52)28-60-29-48(2)26-37(35)32-21-40(58-3)38(41(22-32)59-4)27-50-14-10-30(11-15-50)9-13-49-17-19-51(20-18-49)34-6-5-31-25-53(44(56)36(31)23-34)39-7-8-42(54)47-43(39)55/h5-6,21-23,26,30,39H,7-20,24-25,27-29H2,1-4H3,(H,46,57)(H,47,54,55)/b37-26-. The van der Waals surface area contributed by atoms with Crippen LogP contribution in [0.2, 0.25) is 0 Å². The molecule has 2 aromatic rings. The van der Waals surface area contributed by atoms with Gasteiger partial charge in [0.25, 0.3) is 5.91 Å². The van der Waals surface area contributed by atoms with Crippen molar-refractivity contribution in [2.24, 2.45) is 5.92 Å². The predicted octanol–water partition coefficient (Wildman–Crippen LogP) is 3.49. The zero-order chi connectivity index (χ0) is 41.9. The van der Waals surface area contributed by atoms with Gasteiger partial charge >= 0.3 is 6.03 Å². The number of nitrogens with zero attached hydrogens (tertiary/aromatic N) is 6. The summed E-state index contributed by atoms with van der Waals surface area (Å²) in [6, 6.07) is 9.73. The molecular formula is C45H60N8O7. The number of likely N-dealkylation sites (tertiary alicyclic amines) is 1. The van der Waals surface area contributed by atoms with Crippen LogP contribution in [0.4, 0.5) is 10.5 Å². The summed E-state index contributed by atoms with van der Waals surface area (Å²) in [7, 11) is 7.15. The number of amides is 5. The van der Waals surface area contributed by atoms with E-state index in [0.717, 1.165) is 117 Å². The molecule has 6 heterocycles. The number of hydrogen-bond donors (Lipinski definition) is 2. The summed E-state index contributed by atoms with van der Waals surface area (Å²) >= 11 is 0. The quantitative estimate of drug-likeness (QED) is 0.341. The van der Waals surface area contributed by atoms with Crippen molar-refractivity contribution in [2.75, 3.05) is 105 Å². The van der Waals surface area contributed by atoms with Gasteiger partial charge in [-0.25, -0.2) is 4.79 Å². The van der Waals surface area contributed by atoms with Crippen LogP contribution in [0, 0.1) is 5.92 Å². The zero-order valence-electron chi connectivity index (χ0n) is 35.6. The highest BCUT2D eigenvalue weighted by atomic mass is 16.5. The molecule has 60 heavy (non-hydrogen) atoms. The first kappa shape index (κ1) is 41.6. The lowest BCUT2D eigenvalue weighted by Crippen LogP contribution is -2.52. The molecule has 15 heteroatoms. The van der Waals surface area contributed by atoms with E-state index in [9.17, 15) is 19.2 Å². The number of benzene rings is 2. The first-order valence-corrected chi connectivity index (χ1v) is 21.5. The second-order valence-electron chi connectivity index (χ2n) is 17.0. The number of carbonyl (C=O) groups is 4. The summed E-state index contributed by atoms with van der Waals surface area (Å²) < 4.78 is 18.1. The van der Waals surface area contributed by atoms with E-state index in [4.69, 9.17) is 14.2 Å². The molecule has 6 aliphatic heterocycles. The molecule has 3 saturated heterocycles. The maximum Gasteiger partial charge on any atom is 0.317 e. The average Bonchev–Trinajstić information content (AvgIpc) is 3.59. The fraction of sp³-hybridized carbons (Fsp3) is 0.556. The van der Waals surface area contributed by atoms with Crippen molar-refractivity contribution in [3.05, 3.63) is 69.9 Å². The molecular weight excluding hydrogens is 765 g/mol. The number of ether oxygens (including phenoxy) is 3. The molecule has 322 valence electrons. The second kappa shape index (κ2) is 18.2.